The second-order valence-electron chi connectivity index (χ2n) is 3.63. The number of alkyl halides is 1. The average molecular weight is 229 g/mol. The van der Waals surface area contributed by atoms with Crippen LogP contribution in [0.1, 0.15) is 13.8 Å². The Labute approximate surface area is 95.8 Å². The van der Waals surface area contributed by atoms with Gasteiger partial charge in [-0.2, -0.15) is 4.98 Å². The van der Waals surface area contributed by atoms with Crippen molar-refractivity contribution in [3.8, 4) is 5.88 Å². The van der Waals surface area contributed by atoms with Crippen LogP contribution in [0.4, 0.5) is 5.82 Å². The summed E-state index contributed by atoms with van der Waals surface area (Å²) in [6.45, 7) is 4.19. The van der Waals surface area contributed by atoms with Crippen molar-refractivity contribution in [1.29, 1.82) is 0 Å². The quantitative estimate of drug-likeness (QED) is 0.787. The van der Waals surface area contributed by atoms with Crippen LogP contribution in [0.2, 0.25) is 0 Å². The molecule has 15 heavy (non-hydrogen) atoms. The van der Waals surface area contributed by atoms with Crippen molar-refractivity contribution < 1.29 is 4.74 Å². The van der Waals surface area contributed by atoms with Gasteiger partial charge in [-0.15, -0.1) is 11.6 Å². The molecule has 0 aliphatic rings. The minimum Gasteiger partial charge on any atom is -0.481 e. The molecule has 3 nitrogen and oxygen atoms in total. The van der Waals surface area contributed by atoms with Gasteiger partial charge in [0.05, 0.1) is 7.11 Å². The van der Waals surface area contributed by atoms with E-state index in [4.69, 9.17) is 16.3 Å². The van der Waals surface area contributed by atoms with Crippen LogP contribution < -0.4 is 10.1 Å². The molecule has 0 fully saturated rings. The molecular weight excluding hydrogens is 212 g/mol. The summed E-state index contributed by atoms with van der Waals surface area (Å²) in [5, 5.41) is 3.29. The van der Waals surface area contributed by atoms with E-state index in [2.05, 4.69) is 24.1 Å². The Morgan fingerprint density at radius 3 is 2.80 bits per heavy atom. The molecule has 0 radical (unpaired) electrons. The van der Waals surface area contributed by atoms with Gasteiger partial charge in [-0.3, -0.25) is 0 Å². The lowest BCUT2D eigenvalue weighted by molar-refractivity contribution is 0.398. The van der Waals surface area contributed by atoms with Gasteiger partial charge < -0.3 is 10.1 Å². The number of ether oxygens (including phenoxy) is 1. The Bertz CT molecular complexity index is 306. The van der Waals surface area contributed by atoms with E-state index in [9.17, 15) is 0 Å². The number of hydrogen-bond acceptors (Lipinski definition) is 3. The lowest BCUT2D eigenvalue weighted by Crippen LogP contribution is -2.25. The number of nitrogens with zero attached hydrogens (tertiary/aromatic N) is 1. The average Bonchev–Trinajstić information content (AvgIpc) is 2.28. The van der Waals surface area contributed by atoms with Crippen LogP contribution in [-0.2, 0) is 0 Å². The summed E-state index contributed by atoms with van der Waals surface area (Å²) in [6, 6.07) is 5.94. The zero-order chi connectivity index (χ0) is 11.3. The number of aromatic nitrogens is 1. The van der Waals surface area contributed by atoms with Gasteiger partial charge in [0.2, 0.25) is 5.88 Å². The topological polar surface area (TPSA) is 34.1 Å². The molecule has 0 saturated carbocycles. The van der Waals surface area contributed by atoms with Crippen LogP contribution in [0.3, 0.4) is 0 Å². The molecule has 1 rings (SSSR count). The van der Waals surface area contributed by atoms with Gasteiger partial charge in [-0.05, 0) is 18.9 Å². The molecule has 0 aliphatic heterocycles. The van der Waals surface area contributed by atoms with E-state index in [1.54, 1.807) is 7.11 Å². The van der Waals surface area contributed by atoms with Crippen molar-refractivity contribution in [2.45, 2.75) is 19.9 Å². The van der Waals surface area contributed by atoms with Gasteiger partial charge in [0.25, 0.3) is 0 Å². The summed E-state index contributed by atoms with van der Waals surface area (Å²) in [4.78, 5) is 4.27. The number of halogens is 1. The summed E-state index contributed by atoms with van der Waals surface area (Å²) in [6.07, 6.45) is 0. The monoisotopic (exact) mass is 228 g/mol. The second kappa shape index (κ2) is 5.81. The summed E-state index contributed by atoms with van der Waals surface area (Å²) < 4.78 is 5.05. The van der Waals surface area contributed by atoms with Gasteiger partial charge in [0.15, 0.2) is 0 Å². The number of rotatable bonds is 5. The third-order valence-corrected chi connectivity index (χ3v) is 2.89. The van der Waals surface area contributed by atoms with Crippen molar-refractivity contribution in [2.24, 2.45) is 5.92 Å². The molecule has 0 amide bonds. The Hall–Kier alpha value is -0.960. The first kappa shape index (κ1) is 12.1. The maximum absolute atomic E-state index is 5.79. The van der Waals surface area contributed by atoms with Crippen molar-refractivity contribution in [3.05, 3.63) is 18.2 Å². The lowest BCUT2D eigenvalue weighted by atomic mass is 10.1. The van der Waals surface area contributed by atoms with E-state index in [-0.39, 0.29) is 0 Å². The number of pyridine rings is 1. The SMILES string of the molecule is COc1cccc(NC(C)C(C)CCl)n1. The van der Waals surface area contributed by atoms with Crippen LogP contribution in [0.15, 0.2) is 18.2 Å². The maximum atomic E-state index is 5.79. The van der Waals surface area contributed by atoms with Crippen molar-refractivity contribution in [3.63, 3.8) is 0 Å². The molecule has 4 heteroatoms. The molecule has 0 spiro atoms. The number of anilines is 1. The Morgan fingerprint density at radius 2 is 2.20 bits per heavy atom. The standard InChI is InChI=1S/C11H17ClN2O/c1-8(7-12)9(2)13-10-5-4-6-11(14-10)15-3/h4-6,8-9H,7H2,1-3H3,(H,13,14). The van der Waals surface area contributed by atoms with Gasteiger partial charge in [-0.1, -0.05) is 13.0 Å². The van der Waals surface area contributed by atoms with Crippen molar-refractivity contribution >= 4 is 17.4 Å². The van der Waals surface area contributed by atoms with E-state index in [1.165, 1.54) is 0 Å². The third kappa shape index (κ3) is 3.59. The Morgan fingerprint density at radius 1 is 1.47 bits per heavy atom. The molecule has 84 valence electrons. The molecule has 2 unspecified atom stereocenters. The minimum atomic E-state index is 0.294. The van der Waals surface area contributed by atoms with Crippen molar-refractivity contribution in [1.82, 2.24) is 4.98 Å². The molecule has 0 bridgehead atoms. The van der Waals surface area contributed by atoms with Gasteiger partial charge in [0.1, 0.15) is 5.82 Å². The molecular formula is C11H17ClN2O. The molecule has 2 atom stereocenters. The van der Waals surface area contributed by atoms with E-state index in [0.717, 1.165) is 5.82 Å². The smallest absolute Gasteiger partial charge is 0.214 e. The van der Waals surface area contributed by atoms with E-state index in [1.807, 2.05) is 18.2 Å². The fourth-order valence-corrected chi connectivity index (χ4v) is 1.39. The predicted octanol–water partition coefficient (Wildman–Crippen LogP) is 2.77. The summed E-state index contributed by atoms with van der Waals surface area (Å²) in [5.74, 6) is 2.47. The summed E-state index contributed by atoms with van der Waals surface area (Å²) in [7, 11) is 1.61. The Balaban J connectivity index is 2.63. The summed E-state index contributed by atoms with van der Waals surface area (Å²) in [5.41, 5.74) is 0. The van der Waals surface area contributed by atoms with Gasteiger partial charge in [-0.25, -0.2) is 0 Å². The largest absolute Gasteiger partial charge is 0.481 e. The normalized spacial score (nSPS) is 14.4. The zero-order valence-electron chi connectivity index (χ0n) is 9.33. The lowest BCUT2D eigenvalue weighted by Gasteiger charge is -2.19. The van der Waals surface area contributed by atoms with Crippen LogP contribution in [0.25, 0.3) is 0 Å². The van der Waals surface area contributed by atoms with Crippen LogP contribution in [-0.4, -0.2) is 24.0 Å². The highest BCUT2D eigenvalue weighted by Crippen LogP contribution is 2.14. The molecule has 0 saturated heterocycles. The molecule has 1 N–H and O–H groups in total. The van der Waals surface area contributed by atoms with E-state index in [0.29, 0.717) is 23.7 Å². The zero-order valence-corrected chi connectivity index (χ0v) is 10.1. The Kier molecular flexibility index (Phi) is 4.69. The first-order valence-corrected chi connectivity index (χ1v) is 5.54. The van der Waals surface area contributed by atoms with E-state index < -0.39 is 0 Å². The van der Waals surface area contributed by atoms with Crippen molar-refractivity contribution in [2.75, 3.05) is 18.3 Å². The molecule has 0 aromatic carbocycles. The highest BCUT2D eigenvalue weighted by molar-refractivity contribution is 6.18. The first-order chi connectivity index (χ1) is 7.17. The van der Waals surface area contributed by atoms with Gasteiger partial charge in [0, 0.05) is 18.0 Å². The van der Waals surface area contributed by atoms with Gasteiger partial charge >= 0.3 is 0 Å². The minimum absolute atomic E-state index is 0.294. The molecule has 0 aliphatic carbocycles. The number of nitrogens with one attached hydrogen (secondary N) is 1. The van der Waals surface area contributed by atoms with Crippen LogP contribution >= 0.6 is 11.6 Å². The number of hydrogen-bond donors (Lipinski definition) is 1. The molecule has 1 aromatic heterocycles. The highest BCUT2D eigenvalue weighted by Gasteiger charge is 2.11. The van der Waals surface area contributed by atoms with Crippen LogP contribution in [0, 0.1) is 5.92 Å². The van der Waals surface area contributed by atoms with E-state index >= 15 is 0 Å². The highest BCUT2D eigenvalue weighted by atomic mass is 35.5. The summed E-state index contributed by atoms with van der Waals surface area (Å²) >= 11 is 5.79. The second-order valence-corrected chi connectivity index (χ2v) is 3.94. The fraction of sp³-hybridized carbons (Fsp3) is 0.545. The predicted molar refractivity (Wildman–Crippen MR) is 63.8 cm³/mol. The first-order valence-electron chi connectivity index (χ1n) is 5.01. The number of methoxy groups -OCH3 is 1. The maximum Gasteiger partial charge on any atom is 0.214 e. The van der Waals surface area contributed by atoms with Crippen LogP contribution in [0.5, 0.6) is 5.88 Å². The molecule has 1 aromatic rings. The molecule has 1 heterocycles. The fourth-order valence-electron chi connectivity index (χ4n) is 1.12. The third-order valence-electron chi connectivity index (χ3n) is 2.41.